The van der Waals surface area contributed by atoms with Crippen molar-refractivity contribution >= 4 is 12.0 Å². The van der Waals surface area contributed by atoms with Crippen LogP contribution in [0.15, 0.2) is 24.4 Å². The summed E-state index contributed by atoms with van der Waals surface area (Å²) in [6, 6.07) is 0. The molecule has 0 aromatic carbocycles. The summed E-state index contributed by atoms with van der Waals surface area (Å²) < 4.78 is 11.2. The molecule has 1 aliphatic heterocycles. The molecule has 0 aliphatic carbocycles. The molecular formula is C24H42N2O4. The minimum Gasteiger partial charge on any atom is -0.444 e. The summed E-state index contributed by atoms with van der Waals surface area (Å²) in [6.07, 6.45) is 6.96. The number of hydrogen-bond donors (Lipinski definition) is 1. The van der Waals surface area contributed by atoms with Crippen LogP contribution in [-0.4, -0.2) is 47.8 Å². The van der Waals surface area contributed by atoms with Gasteiger partial charge in [0.15, 0.2) is 0 Å². The van der Waals surface area contributed by atoms with E-state index in [4.69, 9.17) is 9.47 Å². The van der Waals surface area contributed by atoms with Crippen molar-refractivity contribution in [3.05, 3.63) is 24.4 Å². The summed E-state index contributed by atoms with van der Waals surface area (Å²) in [5.41, 5.74) is 1.25. The third-order valence-corrected chi connectivity index (χ3v) is 5.00. The second-order valence-electron chi connectivity index (χ2n) is 9.75. The summed E-state index contributed by atoms with van der Waals surface area (Å²) >= 11 is 0. The van der Waals surface area contributed by atoms with Gasteiger partial charge in [-0.1, -0.05) is 31.6 Å². The van der Waals surface area contributed by atoms with E-state index in [-0.39, 0.29) is 11.5 Å². The summed E-state index contributed by atoms with van der Waals surface area (Å²) in [7, 11) is 0. The van der Waals surface area contributed by atoms with E-state index >= 15 is 0 Å². The molecule has 1 saturated heterocycles. The topological polar surface area (TPSA) is 67.9 Å². The highest BCUT2D eigenvalue weighted by Gasteiger charge is 2.24. The maximum Gasteiger partial charge on any atom is 0.407 e. The average Bonchev–Trinajstić information content (AvgIpc) is 2.91. The summed E-state index contributed by atoms with van der Waals surface area (Å²) in [5.74, 6) is 0.169. The van der Waals surface area contributed by atoms with Crippen LogP contribution in [0.25, 0.3) is 0 Å². The number of allylic oxidation sites excluding steroid dienone is 1. The van der Waals surface area contributed by atoms with E-state index in [0.29, 0.717) is 26.1 Å². The largest absolute Gasteiger partial charge is 0.444 e. The van der Waals surface area contributed by atoms with E-state index in [2.05, 4.69) is 18.5 Å². The molecule has 0 unspecified atom stereocenters. The molecule has 172 valence electrons. The third-order valence-electron chi connectivity index (χ3n) is 5.00. The van der Waals surface area contributed by atoms with E-state index in [1.165, 1.54) is 0 Å². The molecule has 6 nitrogen and oxygen atoms in total. The van der Waals surface area contributed by atoms with Crippen molar-refractivity contribution in [3.63, 3.8) is 0 Å². The van der Waals surface area contributed by atoms with Gasteiger partial charge in [0.25, 0.3) is 0 Å². The molecule has 0 radical (unpaired) electrons. The Labute approximate surface area is 183 Å². The van der Waals surface area contributed by atoms with E-state index < -0.39 is 11.7 Å². The zero-order chi connectivity index (χ0) is 22.8. The number of alkyl carbamates (subject to hydrolysis) is 1. The third kappa shape index (κ3) is 11.4. The Morgan fingerprint density at radius 2 is 1.77 bits per heavy atom. The Morgan fingerprint density at radius 1 is 1.10 bits per heavy atom. The Kier molecular flexibility index (Phi) is 10.6. The van der Waals surface area contributed by atoms with Gasteiger partial charge in [-0.2, -0.15) is 0 Å². The molecule has 2 amide bonds. The fourth-order valence-electron chi connectivity index (χ4n) is 3.23. The van der Waals surface area contributed by atoms with Crippen LogP contribution in [-0.2, 0) is 14.3 Å². The molecule has 30 heavy (non-hydrogen) atoms. The molecule has 0 bridgehead atoms. The average molecular weight is 423 g/mol. The lowest BCUT2D eigenvalue weighted by molar-refractivity contribution is -0.126. The summed E-state index contributed by atoms with van der Waals surface area (Å²) in [4.78, 5) is 25.2. The lowest BCUT2D eigenvalue weighted by atomic mass is 10.0. The van der Waals surface area contributed by atoms with Crippen molar-refractivity contribution in [1.29, 1.82) is 0 Å². The number of nitrogens with one attached hydrogen (secondary N) is 1. The van der Waals surface area contributed by atoms with Gasteiger partial charge in [-0.25, -0.2) is 4.79 Å². The molecule has 0 saturated carbocycles. The first kappa shape index (κ1) is 26.2. The van der Waals surface area contributed by atoms with Gasteiger partial charge >= 0.3 is 6.09 Å². The second-order valence-corrected chi connectivity index (χ2v) is 9.75. The number of amides is 2. The number of carbonyl (C=O) groups is 2. The molecule has 1 heterocycles. The van der Waals surface area contributed by atoms with Crippen LogP contribution >= 0.6 is 0 Å². The Bertz CT molecular complexity index is 589. The lowest BCUT2D eigenvalue weighted by Gasteiger charge is -2.26. The minimum absolute atomic E-state index is 0.169. The molecule has 0 spiro atoms. The van der Waals surface area contributed by atoms with Gasteiger partial charge in [0, 0.05) is 31.8 Å². The van der Waals surface area contributed by atoms with E-state index in [1.807, 2.05) is 34.6 Å². The van der Waals surface area contributed by atoms with Gasteiger partial charge < -0.3 is 19.7 Å². The van der Waals surface area contributed by atoms with Gasteiger partial charge in [-0.15, -0.1) is 0 Å². The fraction of sp³-hybridized carbons (Fsp3) is 0.750. The molecule has 1 N–H and O–H groups in total. The SMILES string of the molecule is C=C(CCCCCCOC(C)(C)CCNC(=O)OC(C)(C)C)CN1C(=C)CCC1=O. The number of carbonyl (C=O) groups excluding carboxylic acids is 2. The Hall–Kier alpha value is -1.82. The minimum atomic E-state index is -0.483. The van der Waals surface area contributed by atoms with Crippen LogP contribution < -0.4 is 5.32 Å². The standard InChI is InChI=1S/C24H42N2O4/c1-19(18-26-20(2)13-14-21(26)27)12-10-8-9-11-17-29-24(6,7)15-16-25-22(28)30-23(3,4)5/h1-2,8-18H2,3-7H3,(H,25,28). The van der Waals surface area contributed by atoms with Gasteiger partial charge in [0.1, 0.15) is 5.60 Å². The van der Waals surface area contributed by atoms with Crippen LogP contribution in [0.3, 0.4) is 0 Å². The van der Waals surface area contributed by atoms with E-state index in [1.54, 1.807) is 4.90 Å². The van der Waals surface area contributed by atoms with Crippen molar-refractivity contribution in [2.75, 3.05) is 19.7 Å². The molecule has 1 rings (SSSR count). The van der Waals surface area contributed by atoms with Crippen molar-refractivity contribution in [2.24, 2.45) is 0 Å². The van der Waals surface area contributed by atoms with Gasteiger partial charge in [0.2, 0.25) is 5.91 Å². The van der Waals surface area contributed by atoms with Crippen molar-refractivity contribution in [3.8, 4) is 0 Å². The van der Waals surface area contributed by atoms with Gasteiger partial charge in [-0.05, 0) is 66.7 Å². The molecule has 1 fully saturated rings. The first-order valence-electron chi connectivity index (χ1n) is 11.2. The zero-order valence-corrected chi connectivity index (χ0v) is 19.8. The fourth-order valence-corrected chi connectivity index (χ4v) is 3.23. The number of ether oxygens (including phenoxy) is 2. The van der Waals surface area contributed by atoms with Crippen molar-refractivity contribution in [1.82, 2.24) is 10.2 Å². The second kappa shape index (κ2) is 12.1. The van der Waals surface area contributed by atoms with Crippen LogP contribution in [0.2, 0.25) is 0 Å². The predicted molar refractivity (Wildman–Crippen MR) is 121 cm³/mol. The summed E-state index contributed by atoms with van der Waals surface area (Å²) in [5, 5.41) is 2.78. The van der Waals surface area contributed by atoms with Crippen LogP contribution in [0.4, 0.5) is 4.79 Å². The Balaban J connectivity index is 2.05. The number of rotatable bonds is 13. The first-order valence-corrected chi connectivity index (χ1v) is 11.2. The number of unbranched alkanes of at least 4 members (excludes halogenated alkanes) is 3. The van der Waals surface area contributed by atoms with Crippen molar-refractivity contribution in [2.45, 2.75) is 97.2 Å². The van der Waals surface area contributed by atoms with Crippen LogP contribution in [0.1, 0.15) is 86.0 Å². The van der Waals surface area contributed by atoms with E-state index in [9.17, 15) is 9.59 Å². The van der Waals surface area contributed by atoms with Crippen molar-refractivity contribution < 1.29 is 19.1 Å². The molecular weight excluding hydrogens is 380 g/mol. The highest BCUT2D eigenvalue weighted by Crippen LogP contribution is 2.23. The first-order chi connectivity index (χ1) is 13.9. The number of likely N-dealkylation sites (tertiary alicyclic amines) is 1. The van der Waals surface area contributed by atoms with Gasteiger partial charge in [-0.3, -0.25) is 4.79 Å². The normalized spacial score (nSPS) is 14.9. The smallest absolute Gasteiger partial charge is 0.407 e. The van der Waals surface area contributed by atoms with Crippen LogP contribution in [0, 0.1) is 0 Å². The van der Waals surface area contributed by atoms with E-state index in [0.717, 1.165) is 56.2 Å². The van der Waals surface area contributed by atoms with Gasteiger partial charge in [0.05, 0.1) is 5.60 Å². The van der Waals surface area contributed by atoms with Crippen LogP contribution in [0.5, 0.6) is 0 Å². The molecule has 0 atom stereocenters. The lowest BCUT2D eigenvalue weighted by Crippen LogP contribution is -2.36. The quantitative estimate of drug-likeness (QED) is 0.321. The highest BCUT2D eigenvalue weighted by molar-refractivity contribution is 5.81. The predicted octanol–water partition coefficient (Wildman–Crippen LogP) is 5.34. The number of hydrogen-bond acceptors (Lipinski definition) is 4. The monoisotopic (exact) mass is 422 g/mol. The maximum absolute atomic E-state index is 11.8. The maximum atomic E-state index is 11.8. The number of nitrogens with zero attached hydrogens (tertiary/aromatic N) is 1. The molecule has 0 aromatic rings. The molecule has 0 aromatic heterocycles. The highest BCUT2D eigenvalue weighted by atomic mass is 16.6. The zero-order valence-electron chi connectivity index (χ0n) is 19.8. The Morgan fingerprint density at radius 3 is 2.37 bits per heavy atom. The summed E-state index contributed by atoms with van der Waals surface area (Å²) in [6.45, 7) is 19.6. The molecule has 1 aliphatic rings. The molecule has 6 heteroatoms.